The Kier molecular flexibility index (Phi) is 4.58. The van der Waals surface area contributed by atoms with E-state index in [1.807, 2.05) is 39.0 Å². The lowest BCUT2D eigenvalue weighted by atomic mass is 10.1. The Hall–Kier alpha value is -2.33. The van der Waals surface area contributed by atoms with Gasteiger partial charge in [0.25, 0.3) is 0 Å². The van der Waals surface area contributed by atoms with Crippen LogP contribution in [0, 0.1) is 12.8 Å². The topological polar surface area (TPSA) is 55.1 Å². The zero-order chi connectivity index (χ0) is 17.3. The number of nitrogens with one attached hydrogen (secondary N) is 1. The van der Waals surface area contributed by atoms with Gasteiger partial charge in [-0.05, 0) is 48.7 Å². The summed E-state index contributed by atoms with van der Waals surface area (Å²) in [6, 6.07) is 11.0. The largest absolute Gasteiger partial charge is 0.436 e. The third-order valence-electron chi connectivity index (χ3n) is 3.78. The fraction of sp³-hybridized carbons (Fsp3) is 0.263. The van der Waals surface area contributed by atoms with Gasteiger partial charge in [-0.3, -0.25) is 4.79 Å². The summed E-state index contributed by atoms with van der Waals surface area (Å²) in [6.07, 6.45) is 0.491. The molecule has 3 rings (SSSR count). The van der Waals surface area contributed by atoms with Crippen LogP contribution in [0.4, 0.5) is 5.69 Å². The van der Waals surface area contributed by atoms with Gasteiger partial charge in [-0.1, -0.05) is 31.5 Å². The number of anilines is 1. The van der Waals surface area contributed by atoms with Crippen LogP contribution in [0.1, 0.15) is 25.8 Å². The maximum atomic E-state index is 12.0. The summed E-state index contributed by atoms with van der Waals surface area (Å²) in [4.78, 5) is 16.5. The molecule has 0 aliphatic rings. The first-order chi connectivity index (χ1) is 11.4. The van der Waals surface area contributed by atoms with Crippen molar-refractivity contribution in [3.8, 4) is 11.5 Å². The molecule has 0 spiro atoms. The van der Waals surface area contributed by atoms with E-state index in [-0.39, 0.29) is 5.91 Å². The third kappa shape index (κ3) is 3.44. The number of aromatic nitrogens is 1. The van der Waals surface area contributed by atoms with Gasteiger partial charge in [0, 0.05) is 22.7 Å². The van der Waals surface area contributed by atoms with Crippen LogP contribution in [-0.4, -0.2) is 10.9 Å². The minimum absolute atomic E-state index is 0.00889. The minimum atomic E-state index is 0.00889. The molecule has 0 saturated carbocycles. The quantitative estimate of drug-likeness (QED) is 0.686. The number of fused-ring (bicyclic) bond motifs is 1. The van der Waals surface area contributed by atoms with Crippen LogP contribution in [-0.2, 0) is 4.79 Å². The molecule has 0 atom stereocenters. The summed E-state index contributed by atoms with van der Waals surface area (Å²) in [5.74, 6) is 0.842. The van der Waals surface area contributed by atoms with Crippen LogP contribution >= 0.6 is 11.6 Å². The van der Waals surface area contributed by atoms with Crippen molar-refractivity contribution in [3.63, 3.8) is 0 Å². The zero-order valence-electron chi connectivity index (χ0n) is 13.9. The van der Waals surface area contributed by atoms with E-state index in [1.165, 1.54) is 0 Å². The van der Waals surface area contributed by atoms with Crippen LogP contribution in [0.15, 0.2) is 40.8 Å². The molecule has 2 aromatic carbocycles. The van der Waals surface area contributed by atoms with E-state index in [0.29, 0.717) is 34.4 Å². The van der Waals surface area contributed by atoms with Gasteiger partial charge < -0.3 is 9.73 Å². The molecule has 1 heterocycles. The molecule has 0 radical (unpaired) electrons. The number of oxazole rings is 1. The Bertz CT molecular complexity index is 900. The van der Waals surface area contributed by atoms with Gasteiger partial charge in [-0.2, -0.15) is 0 Å². The number of carbonyl (C=O) groups excluding carboxylic acids is 1. The highest BCUT2D eigenvalue weighted by Gasteiger charge is 2.14. The van der Waals surface area contributed by atoms with Crippen molar-refractivity contribution in [3.05, 3.63) is 47.0 Å². The Morgan fingerprint density at radius 2 is 2.08 bits per heavy atom. The monoisotopic (exact) mass is 342 g/mol. The van der Waals surface area contributed by atoms with E-state index >= 15 is 0 Å². The van der Waals surface area contributed by atoms with Gasteiger partial charge >= 0.3 is 0 Å². The summed E-state index contributed by atoms with van der Waals surface area (Å²) in [7, 11) is 0. The zero-order valence-corrected chi connectivity index (χ0v) is 14.6. The van der Waals surface area contributed by atoms with Crippen LogP contribution in [0.2, 0.25) is 5.02 Å². The SMILES string of the molecule is Cc1c(NC(=O)CC(C)C)cccc1-c1nc2cc(Cl)ccc2o1. The number of rotatable bonds is 4. The fourth-order valence-electron chi connectivity index (χ4n) is 2.59. The smallest absolute Gasteiger partial charge is 0.227 e. The Labute approximate surface area is 145 Å². The maximum Gasteiger partial charge on any atom is 0.227 e. The van der Waals surface area contributed by atoms with E-state index in [1.54, 1.807) is 18.2 Å². The molecule has 4 nitrogen and oxygen atoms in total. The molecule has 5 heteroatoms. The molecule has 1 amide bonds. The molecular formula is C19H19ClN2O2. The average molecular weight is 343 g/mol. The van der Waals surface area contributed by atoms with Gasteiger partial charge in [0.15, 0.2) is 5.58 Å². The lowest BCUT2D eigenvalue weighted by Crippen LogP contribution is -2.14. The molecule has 0 unspecified atom stereocenters. The minimum Gasteiger partial charge on any atom is -0.436 e. The molecule has 3 aromatic rings. The summed E-state index contributed by atoms with van der Waals surface area (Å²) >= 11 is 6.00. The normalized spacial score (nSPS) is 11.2. The van der Waals surface area contributed by atoms with E-state index in [0.717, 1.165) is 16.8 Å². The van der Waals surface area contributed by atoms with E-state index in [9.17, 15) is 4.79 Å². The molecular weight excluding hydrogens is 324 g/mol. The van der Waals surface area contributed by atoms with Crippen molar-refractivity contribution in [2.75, 3.05) is 5.32 Å². The highest BCUT2D eigenvalue weighted by Crippen LogP contribution is 2.31. The van der Waals surface area contributed by atoms with Crippen molar-refractivity contribution in [2.45, 2.75) is 27.2 Å². The Balaban J connectivity index is 1.95. The molecule has 1 aromatic heterocycles. The number of hydrogen-bond acceptors (Lipinski definition) is 3. The molecule has 0 fully saturated rings. The summed E-state index contributed by atoms with van der Waals surface area (Å²) in [6.45, 7) is 5.99. The van der Waals surface area contributed by atoms with Crippen LogP contribution < -0.4 is 5.32 Å². The van der Waals surface area contributed by atoms with Crippen molar-refractivity contribution in [1.82, 2.24) is 4.98 Å². The highest BCUT2D eigenvalue weighted by atomic mass is 35.5. The van der Waals surface area contributed by atoms with Crippen LogP contribution in [0.3, 0.4) is 0 Å². The fourth-order valence-corrected chi connectivity index (χ4v) is 2.76. The number of amides is 1. The maximum absolute atomic E-state index is 12.0. The summed E-state index contributed by atoms with van der Waals surface area (Å²) in [5, 5.41) is 3.58. The first kappa shape index (κ1) is 16.5. The molecule has 0 aliphatic heterocycles. The van der Waals surface area contributed by atoms with Gasteiger partial charge in [0.1, 0.15) is 5.52 Å². The third-order valence-corrected chi connectivity index (χ3v) is 4.02. The second-order valence-corrected chi connectivity index (χ2v) is 6.69. The molecule has 124 valence electrons. The average Bonchev–Trinajstić information content (AvgIpc) is 2.91. The number of carbonyl (C=O) groups is 1. The second-order valence-electron chi connectivity index (χ2n) is 6.26. The number of hydrogen-bond donors (Lipinski definition) is 1. The van der Waals surface area contributed by atoms with Crippen molar-refractivity contribution in [2.24, 2.45) is 5.92 Å². The molecule has 0 aliphatic carbocycles. The highest BCUT2D eigenvalue weighted by molar-refractivity contribution is 6.31. The van der Waals surface area contributed by atoms with E-state index in [4.69, 9.17) is 16.0 Å². The van der Waals surface area contributed by atoms with Crippen LogP contribution in [0.5, 0.6) is 0 Å². The van der Waals surface area contributed by atoms with Gasteiger partial charge in [0.2, 0.25) is 11.8 Å². The summed E-state index contributed by atoms with van der Waals surface area (Å²) in [5.41, 5.74) is 3.95. The van der Waals surface area contributed by atoms with Crippen molar-refractivity contribution < 1.29 is 9.21 Å². The van der Waals surface area contributed by atoms with Crippen molar-refractivity contribution >= 4 is 34.3 Å². The molecule has 1 N–H and O–H groups in total. The summed E-state index contributed by atoms with van der Waals surface area (Å²) < 4.78 is 5.83. The molecule has 0 bridgehead atoms. The number of halogens is 1. The van der Waals surface area contributed by atoms with Gasteiger partial charge in [0.05, 0.1) is 0 Å². The predicted octanol–water partition coefficient (Wildman–Crippen LogP) is 5.44. The molecule has 24 heavy (non-hydrogen) atoms. The predicted molar refractivity (Wildman–Crippen MR) is 97.3 cm³/mol. The Morgan fingerprint density at radius 3 is 2.83 bits per heavy atom. The first-order valence-corrected chi connectivity index (χ1v) is 8.28. The van der Waals surface area contributed by atoms with E-state index < -0.39 is 0 Å². The number of benzene rings is 2. The van der Waals surface area contributed by atoms with Crippen molar-refractivity contribution in [1.29, 1.82) is 0 Å². The lowest BCUT2D eigenvalue weighted by Gasteiger charge is -2.11. The Morgan fingerprint density at radius 1 is 1.29 bits per heavy atom. The second kappa shape index (κ2) is 6.65. The van der Waals surface area contributed by atoms with Gasteiger partial charge in [-0.15, -0.1) is 0 Å². The van der Waals surface area contributed by atoms with Gasteiger partial charge in [-0.25, -0.2) is 4.98 Å². The lowest BCUT2D eigenvalue weighted by molar-refractivity contribution is -0.116. The molecule has 0 saturated heterocycles. The van der Waals surface area contributed by atoms with E-state index in [2.05, 4.69) is 10.3 Å². The number of nitrogens with zero attached hydrogens (tertiary/aromatic N) is 1. The van der Waals surface area contributed by atoms with Crippen LogP contribution in [0.25, 0.3) is 22.6 Å². The standard InChI is InChI=1S/C19H19ClN2O2/c1-11(2)9-18(23)21-15-6-4-5-14(12(15)3)19-22-16-10-13(20)7-8-17(16)24-19/h4-8,10-11H,9H2,1-3H3,(H,21,23). The first-order valence-electron chi connectivity index (χ1n) is 7.90.